The van der Waals surface area contributed by atoms with Crippen LogP contribution in [0.5, 0.6) is 0 Å². The van der Waals surface area contributed by atoms with Gasteiger partial charge in [0.15, 0.2) is 16.8 Å². The number of hydrogen-bond donors (Lipinski definition) is 2. The minimum Gasteiger partial charge on any atom is -0.481 e. The van der Waals surface area contributed by atoms with E-state index in [0.29, 0.717) is 11.3 Å². The van der Waals surface area contributed by atoms with Gasteiger partial charge in [0, 0.05) is 31.4 Å². The fourth-order valence-electron chi connectivity index (χ4n) is 3.08. The summed E-state index contributed by atoms with van der Waals surface area (Å²) in [5.74, 6) is -0.745. The van der Waals surface area contributed by atoms with Crippen LogP contribution in [-0.4, -0.2) is 36.7 Å². The molecule has 0 fully saturated rings. The average Bonchev–Trinajstić information content (AvgIpc) is 2.67. The van der Waals surface area contributed by atoms with Crippen molar-refractivity contribution in [3.8, 4) is 0 Å². The Morgan fingerprint density at radius 3 is 2.57 bits per heavy atom. The van der Waals surface area contributed by atoms with E-state index in [4.69, 9.17) is 5.11 Å². The molecule has 0 bridgehead atoms. The van der Waals surface area contributed by atoms with Gasteiger partial charge in [0.25, 0.3) is 0 Å². The second-order valence-electron chi connectivity index (χ2n) is 6.49. The third-order valence-electron chi connectivity index (χ3n) is 4.72. The van der Waals surface area contributed by atoms with Crippen molar-refractivity contribution in [2.24, 2.45) is 0 Å². The number of nitrogens with zero attached hydrogens (tertiary/aromatic N) is 1. The quantitative estimate of drug-likeness (QED) is 0.454. The molecule has 1 heterocycles. The zero-order chi connectivity index (χ0) is 17.2. The topological polar surface area (TPSA) is 77.6 Å². The lowest BCUT2D eigenvalue weighted by Gasteiger charge is -2.15. The van der Waals surface area contributed by atoms with Crippen LogP contribution in [0.4, 0.5) is 5.69 Å². The molecule has 1 aromatic carbocycles. The molecular weight excluding hydrogens is 314 g/mol. The predicted molar refractivity (Wildman–Crippen MR) is 90.1 cm³/mol. The van der Waals surface area contributed by atoms with Crippen molar-refractivity contribution in [1.29, 1.82) is 0 Å². The maximum atomic E-state index is 11.3. The Morgan fingerprint density at radius 2 is 1.96 bits per heavy atom. The van der Waals surface area contributed by atoms with Crippen molar-refractivity contribution in [2.45, 2.75) is 56.8 Å². The highest BCUT2D eigenvalue weighted by Crippen LogP contribution is 2.40. The molecule has 5 nitrogen and oxygen atoms in total. The molecule has 1 aliphatic rings. The Hall–Kier alpha value is -1.53. The lowest BCUT2D eigenvalue weighted by Crippen LogP contribution is -2.26. The van der Waals surface area contributed by atoms with Gasteiger partial charge in [-0.05, 0) is 38.8 Å². The summed E-state index contributed by atoms with van der Waals surface area (Å²) in [6.07, 6.45) is 2.72. The molecule has 0 amide bonds. The third-order valence-corrected chi connectivity index (χ3v) is 5.37. The van der Waals surface area contributed by atoms with Crippen LogP contribution in [0.2, 0.25) is 0 Å². The minimum atomic E-state index is -1.97. The van der Waals surface area contributed by atoms with Gasteiger partial charge >= 0.3 is 5.97 Å². The van der Waals surface area contributed by atoms with Crippen molar-refractivity contribution in [2.75, 3.05) is 6.54 Å². The molecule has 2 rings (SSSR count). The molecule has 0 saturated heterocycles. The normalized spacial score (nSPS) is 17.2. The van der Waals surface area contributed by atoms with E-state index in [2.05, 4.69) is 25.3 Å². The summed E-state index contributed by atoms with van der Waals surface area (Å²) in [4.78, 5) is 11.0. The van der Waals surface area contributed by atoms with Crippen molar-refractivity contribution < 1.29 is 23.2 Å². The first-order valence-electron chi connectivity index (χ1n) is 7.84. The number of carbonyl (C=O) groups is 1. The lowest BCUT2D eigenvalue weighted by molar-refractivity contribution is -0.439. The summed E-state index contributed by atoms with van der Waals surface area (Å²) >= 11 is -1.97. The molecule has 0 saturated carbocycles. The fourth-order valence-corrected chi connectivity index (χ4v) is 3.49. The molecule has 1 atom stereocenters. The monoisotopic (exact) mass is 338 g/mol. The van der Waals surface area contributed by atoms with Gasteiger partial charge in [0.1, 0.15) is 6.54 Å². The number of benzene rings is 1. The number of rotatable bonds is 7. The highest BCUT2D eigenvalue weighted by molar-refractivity contribution is 7.79. The molecule has 23 heavy (non-hydrogen) atoms. The molecule has 0 radical (unpaired) electrons. The molecule has 1 aromatic rings. The Morgan fingerprint density at radius 1 is 1.26 bits per heavy atom. The van der Waals surface area contributed by atoms with E-state index in [0.717, 1.165) is 30.6 Å². The smallest absolute Gasteiger partial charge is 0.303 e. The van der Waals surface area contributed by atoms with Gasteiger partial charge in [-0.1, -0.05) is 0 Å². The van der Waals surface area contributed by atoms with E-state index in [1.54, 1.807) is 6.07 Å². The molecule has 2 N–H and O–H groups in total. The number of aliphatic carboxylic acids is 1. The van der Waals surface area contributed by atoms with Gasteiger partial charge in [0.05, 0.1) is 10.3 Å². The Balaban J connectivity index is 2.17. The second-order valence-corrected chi connectivity index (χ2v) is 7.46. The van der Waals surface area contributed by atoms with Crippen LogP contribution in [0.15, 0.2) is 23.1 Å². The molecule has 0 aromatic heterocycles. The van der Waals surface area contributed by atoms with Crippen molar-refractivity contribution in [1.82, 2.24) is 0 Å². The van der Waals surface area contributed by atoms with Crippen LogP contribution < -0.4 is 0 Å². The van der Waals surface area contributed by atoms with Crippen LogP contribution in [0.3, 0.4) is 0 Å². The van der Waals surface area contributed by atoms with Gasteiger partial charge in [-0.25, -0.2) is 4.21 Å². The maximum Gasteiger partial charge on any atom is 0.303 e. The first kappa shape index (κ1) is 17.8. The van der Waals surface area contributed by atoms with Crippen LogP contribution in [-0.2, 0) is 21.3 Å². The summed E-state index contributed by atoms with van der Waals surface area (Å²) in [5, 5.41) is 8.68. The van der Waals surface area contributed by atoms with Crippen molar-refractivity contribution >= 4 is 28.4 Å². The molecule has 126 valence electrons. The lowest BCUT2D eigenvalue weighted by atomic mass is 9.82. The molecule has 1 unspecified atom stereocenters. The minimum absolute atomic E-state index is 0.175. The van der Waals surface area contributed by atoms with E-state index >= 15 is 0 Å². The molecule has 0 aliphatic carbocycles. The third kappa shape index (κ3) is 3.70. The zero-order valence-electron chi connectivity index (χ0n) is 13.8. The van der Waals surface area contributed by atoms with E-state index in [-0.39, 0.29) is 11.8 Å². The second kappa shape index (κ2) is 6.93. The van der Waals surface area contributed by atoms with Gasteiger partial charge in [-0.2, -0.15) is 4.58 Å². The van der Waals surface area contributed by atoms with Crippen molar-refractivity contribution in [3.05, 3.63) is 23.8 Å². The summed E-state index contributed by atoms with van der Waals surface area (Å²) in [7, 11) is 0. The Bertz CT molecular complexity index is 679. The summed E-state index contributed by atoms with van der Waals surface area (Å²) < 4.78 is 22.9. The Kier molecular flexibility index (Phi) is 5.37. The van der Waals surface area contributed by atoms with Crippen LogP contribution >= 0.6 is 0 Å². The number of unbranched alkanes of at least 4 members (excludes halogenated alkanes) is 2. The van der Waals surface area contributed by atoms with Gasteiger partial charge in [-0.3, -0.25) is 4.79 Å². The Labute approximate surface area is 139 Å². The number of fused-ring (bicyclic) bond motifs is 1. The molecule has 1 aliphatic heterocycles. The first-order valence-corrected chi connectivity index (χ1v) is 8.94. The SMILES string of the molecule is CC1=[N+](CCCCCC(=O)O)c2ccc(S(=O)O)cc2C1(C)C. The maximum absolute atomic E-state index is 11.3. The standard InChI is InChI=1S/C17H23NO4S/c1-12-17(2,3)14-11-13(23(21)22)8-9-15(14)18(12)10-6-4-5-7-16(19)20/h8-9,11H,4-7,10H2,1-3H3,(H-,19,20,21,22)/p+1. The highest BCUT2D eigenvalue weighted by atomic mass is 32.2. The number of carboxylic acid groups (broad SMARTS) is 1. The first-order chi connectivity index (χ1) is 10.7. The largest absolute Gasteiger partial charge is 0.481 e. The summed E-state index contributed by atoms with van der Waals surface area (Å²) in [6.45, 7) is 7.17. The van der Waals surface area contributed by atoms with Gasteiger partial charge in [-0.15, -0.1) is 0 Å². The van der Waals surface area contributed by atoms with Crippen LogP contribution in [0.1, 0.15) is 52.0 Å². The average molecular weight is 338 g/mol. The number of hydrogen-bond acceptors (Lipinski definition) is 2. The molecular formula is C17H24NO4S+. The highest BCUT2D eigenvalue weighted by Gasteiger charge is 2.43. The predicted octanol–water partition coefficient (Wildman–Crippen LogP) is 3.31. The van der Waals surface area contributed by atoms with E-state index < -0.39 is 17.0 Å². The number of carboxylic acids is 1. The fraction of sp³-hybridized carbons (Fsp3) is 0.529. The summed E-state index contributed by atoms with van der Waals surface area (Å²) in [5.41, 5.74) is 3.19. The van der Waals surface area contributed by atoms with Crippen LogP contribution in [0, 0.1) is 0 Å². The van der Waals surface area contributed by atoms with E-state index in [1.807, 2.05) is 12.1 Å². The van der Waals surface area contributed by atoms with Gasteiger partial charge in [0.2, 0.25) is 5.69 Å². The van der Waals surface area contributed by atoms with Gasteiger partial charge < -0.3 is 9.66 Å². The molecule has 0 spiro atoms. The van der Waals surface area contributed by atoms with Crippen LogP contribution in [0.25, 0.3) is 0 Å². The summed E-state index contributed by atoms with van der Waals surface area (Å²) in [6, 6.07) is 5.43. The zero-order valence-corrected chi connectivity index (χ0v) is 14.7. The molecule has 6 heteroatoms. The van der Waals surface area contributed by atoms with E-state index in [1.165, 1.54) is 5.71 Å². The van der Waals surface area contributed by atoms with E-state index in [9.17, 15) is 13.6 Å². The van der Waals surface area contributed by atoms with Crippen molar-refractivity contribution in [3.63, 3.8) is 0 Å².